The zero-order valence-electron chi connectivity index (χ0n) is 10.7. The van der Waals surface area contributed by atoms with E-state index in [1.807, 2.05) is 6.07 Å². The Morgan fingerprint density at radius 3 is 2.20 bits per heavy atom. The third-order valence-corrected chi connectivity index (χ3v) is 2.42. The summed E-state index contributed by atoms with van der Waals surface area (Å²) in [6.45, 7) is 0. The number of rotatable bonds is 3. The largest absolute Gasteiger partial charge is 0.513 e. The number of carbonyl (C=O) groups is 2. The Balaban J connectivity index is 2.19. The van der Waals surface area contributed by atoms with E-state index >= 15 is 0 Å². The molecule has 0 heterocycles. The number of hydrogen-bond donors (Lipinski definition) is 0. The van der Waals surface area contributed by atoms with Crippen LogP contribution >= 0.6 is 0 Å². The van der Waals surface area contributed by atoms with Crippen LogP contribution in [0.15, 0.2) is 54.6 Å². The Morgan fingerprint density at radius 2 is 1.50 bits per heavy atom. The van der Waals surface area contributed by atoms with Crippen LogP contribution in [0.25, 0.3) is 0 Å². The van der Waals surface area contributed by atoms with Crippen molar-refractivity contribution in [3.8, 4) is 11.5 Å². The summed E-state index contributed by atoms with van der Waals surface area (Å²) in [5.41, 5.74) is 0.141. The first kappa shape index (κ1) is 13.6. The van der Waals surface area contributed by atoms with Crippen molar-refractivity contribution in [3.63, 3.8) is 0 Å². The molecule has 5 nitrogen and oxygen atoms in total. The maximum absolute atomic E-state index is 12.1. The van der Waals surface area contributed by atoms with Gasteiger partial charge in [-0.2, -0.15) is 0 Å². The molecule has 0 aliphatic heterocycles. The third-order valence-electron chi connectivity index (χ3n) is 2.42. The smallest absolute Gasteiger partial charge is 0.437 e. The lowest BCUT2D eigenvalue weighted by Crippen LogP contribution is -2.14. The number of methoxy groups -OCH3 is 1. The van der Waals surface area contributed by atoms with Gasteiger partial charge in [0.05, 0.1) is 7.11 Å². The summed E-state index contributed by atoms with van der Waals surface area (Å²) in [5, 5.41) is 0. The van der Waals surface area contributed by atoms with E-state index < -0.39 is 12.1 Å². The molecule has 0 aliphatic rings. The van der Waals surface area contributed by atoms with E-state index in [0.717, 1.165) is 0 Å². The van der Waals surface area contributed by atoms with Crippen LogP contribution in [-0.2, 0) is 4.74 Å². The maximum atomic E-state index is 12.1. The van der Waals surface area contributed by atoms with Gasteiger partial charge in [-0.05, 0) is 24.3 Å². The number of esters is 1. The SMILES string of the molecule is COC(=O)Oc1ccccc1C(=O)Oc1ccccc1. The molecule has 0 atom stereocenters. The van der Waals surface area contributed by atoms with Gasteiger partial charge in [0, 0.05) is 0 Å². The highest BCUT2D eigenvalue weighted by Gasteiger charge is 2.16. The standard InChI is InChI=1S/C15H12O5/c1-18-15(17)20-13-10-6-5-9-12(13)14(16)19-11-7-3-2-4-8-11/h2-10H,1H3. The number of benzene rings is 2. The molecule has 0 saturated heterocycles. The van der Waals surface area contributed by atoms with Gasteiger partial charge >= 0.3 is 12.1 Å². The molecular formula is C15H12O5. The highest BCUT2D eigenvalue weighted by molar-refractivity contribution is 5.94. The molecule has 2 rings (SSSR count). The van der Waals surface area contributed by atoms with Crippen LogP contribution in [0.4, 0.5) is 4.79 Å². The summed E-state index contributed by atoms with van der Waals surface area (Å²) in [6.07, 6.45) is -0.898. The fourth-order valence-corrected chi connectivity index (χ4v) is 1.51. The molecule has 20 heavy (non-hydrogen) atoms. The summed E-state index contributed by atoms with van der Waals surface area (Å²) < 4.78 is 14.5. The highest BCUT2D eigenvalue weighted by atomic mass is 16.7. The molecule has 0 spiro atoms. The van der Waals surface area contributed by atoms with Crippen LogP contribution in [-0.4, -0.2) is 19.2 Å². The van der Waals surface area contributed by atoms with Crippen LogP contribution in [0, 0.1) is 0 Å². The van der Waals surface area contributed by atoms with Gasteiger partial charge in [-0.1, -0.05) is 30.3 Å². The highest BCUT2D eigenvalue weighted by Crippen LogP contribution is 2.21. The number of carbonyl (C=O) groups excluding carboxylic acids is 2. The molecular weight excluding hydrogens is 260 g/mol. The second kappa shape index (κ2) is 6.38. The lowest BCUT2D eigenvalue weighted by molar-refractivity contribution is 0.0729. The first-order valence-corrected chi connectivity index (χ1v) is 5.83. The maximum Gasteiger partial charge on any atom is 0.513 e. The van der Waals surface area contributed by atoms with Gasteiger partial charge in [-0.15, -0.1) is 0 Å². The first-order chi connectivity index (χ1) is 9.70. The minimum absolute atomic E-state index is 0.0836. The van der Waals surface area contributed by atoms with Crippen molar-refractivity contribution >= 4 is 12.1 Å². The summed E-state index contributed by atoms with van der Waals surface area (Å²) in [5.74, 6) is -0.124. The molecule has 102 valence electrons. The third kappa shape index (κ3) is 3.35. The molecule has 5 heteroatoms. The predicted octanol–water partition coefficient (Wildman–Crippen LogP) is 3.05. The Hall–Kier alpha value is -2.82. The molecule has 0 saturated carbocycles. The van der Waals surface area contributed by atoms with Crippen molar-refractivity contribution in [1.82, 2.24) is 0 Å². The summed E-state index contributed by atoms with van der Waals surface area (Å²) >= 11 is 0. The quantitative estimate of drug-likeness (QED) is 0.488. The van der Waals surface area contributed by atoms with E-state index in [1.54, 1.807) is 36.4 Å². The van der Waals surface area contributed by atoms with E-state index in [0.29, 0.717) is 5.75 Å². The van der Waals surface area contributed by atoms with Crippen molar-refractivity contribution < 1.29 is 23.8 Å². The second-order valence-electron chi connectivity index (χ2n) is 3.75. The van der Waals surface area contributed by atoms with Gasteiger partial charge in [-0.3, -0.25) is 0 Å². The fourth-order valence-electron chi connectivity index (χ4n) is 1.51. The molecule has 0 fully saturated rings. The normalized spacial score (nSPS) is 9.65. The lowest BCUT2D eigenvalue weighted by Gasteiger charge is -2.08. The van der Waals surface area contributed by atoms with E-state index in [2.05, 4.69) is 4.74 Å². The van der Waals surface area contributed by atoms with Crippen LogP contribution in [0.2, 0.25) is 0 Å². The molecule has 0 aliphatic carbocycles. The van der Waals surface area contributed by atoms with Crippen molar-refractivity contribution in [2.24, 2.45) is 0 Å². The van der Waals surface area contributed by atoms with Crippen molar-refractivity contribution in [2.45, 2.75) is 0 Å². The predicted molar refractivity (Wildman–Crippen MR) is 70.9 cm³/mol. The average molecular weight is 272 g/mol. The van der Waals surface area contributed by atoms with Gasteiger partial charge in [0.15, 0.2) is 0 Å². The first-order valence-electron chi connectivity index (χ1n) is 5.83. The summed E-state index contributed by atoms with van der Waals surface area (Å²) in [4.78, 5) is 23.2. The zero-order valence-corrected chi connectivity index (χ0v) is 10.7. The minimum atomic E-state index is -0.898. The van der Waals surface area contributed by atoms with E-state index in [-0.39, 0.29) is 11.3 Å². The van der Waals surface area contributed by atoms with Crippen LogP contribution < -0.4 is 9.47 Å². The van der Waals surface area contributed by atoms with Gasteiger partial charge in [0.25, 0.3) is 0 Å². The molecule has 0 bridgehead atoms. The molecule has 0 N–H and O–H groups in total. The molecule has 2 aromatic carbocycles. The summed E-state index contributed by atoms with van der Waals surface area (Å²) in [6, 6.07) is 14.9. The Kier molecular flexibility index (Phi) is 4.34. The Morgan fingerprint density at radius 1 is 0.850 bits per heavy atom. The molecule has 0 aromatic heterocycles. The van der Waals surface area contributed by atoms with Gasteiger partial charge in [-0.25, -0.2) is 9.59 Å². The van der Waals surface area contributed by atoms with Gasteiger partial charge in [0.2, 0.25) is 0 Å². The Bertz CT molecular complexity index is 607. The fraction of sp³-hybridized carbons (Fsp3) is 0.0667. The molecule has 0 radical (unpaired) electrons. The topological polar surface area (TPSA) is 61.8 Å². The van der Waals surface area contributed by atoms with Crippen molar-refractivity contribution in [3.05, 3.63) is 60.2 Å². The van der Waals surface area contributed by atoms with Crippen LogP contribution in [0.3, 0.4) is 0 Å². The lowest BCUT2D eigenvalue weighted by atomic mass is 10.2. The number of ether oxygens (including phenoxy) is 3. The monoisotopic (exact) mass is 272 g/mol. The minimum Gasteiger partial charge on any atom is -0.437 e. The second-order valence-corrected chi connectivity index (χ2v) is 3.75. The molecule has 2 aromatic rings. The number of hydrogen-bond acceptors (Lipinski definition) is 5. The van der Waals surface area contributed by atoms with Crippen LogP contribution in [0.1, 0.15) is 10.4 Å². The molecule has 0 unspecified atom stereocenters. The van der Waals surface area contributed by atoms with Gasteiger partial charge < -0.3 is 14.2 Å². The van der Waals surface area contributed by atoms with E-state index in [4.69, 9.17) is 9.47 Å². The zero-order chi connectivity index (χ0) is 14.4. The van der Waals surface area contributed by atoms with E-state index in [1.165, 1.54) is 19.2 Å². The van der Waals surface area contributed by atoms with Crippen molar-refractivity contribution in [1.29, 1.82) is 0 Å². The van der Waals surface area contributed by atoms with Crippen LogP contribution in [0.5, 0.6) is 11.5 Å². The average Bonchev–Trinajstić information content (AvgIpc) is 2.48. The van der Waals surface area contributed by atoms with E-state index in [9.17, 15) is 9.59 Å². The van der Waals surface area contributed by atoms with Crippen molar-refractivity contribution in [2.75, 3.05) is 7.11 Å². The molecule has 0 amide bonds. The summed E-state index contributed by atoms with van der Waals surface area (Å²) in [7, 11) is 1.19. The Labute approximate surface area is 115 Å². The number of para-hydroxylation sites is 2. The van der Waals surface area contributed by atoms with Gasteiger partial charge in [0.1, 0.15) is 17.1 Å².